The van der Waals surface area contributed by atoms with E-state index < -0.39 is 15.9 Å². The topological polar surface area (TPSA) is 66.5 Å². The van der Waals surface area contributed by atoms with Crippen molar-refractivity contribution in [1.29, 1.82) is 0 Å². The van der Waals surface area contributed by atoms with Gasteiger partial charge in [-0.2, -0.15) is 4.31 Å². The van der Waals surface area contributed by atoms with Crippen LogP contribution in [0.5, 0.6) is 0 Å². The second-order valence-corrected chi connectivity index (χ2v) is 12.3. The van der Waals surface area contributed by atoms with Crippen LogP contribution in [0.1, 0.15) is 41.3 Å². The summed E-state index contributed by atoms with van der Waals surface area (Å²) < 4.78 is 27.8. The van der Waals surface area contributed by atoms with E-state index in [1.54, 1.807) is 11.8 Å². The Balaban J connectivity index is 1.47. The third-order valence-electron chi connectivity index (χ3n) is 6.25. The normalized spacial score (nSPS) is 15.2. The van der Waals surface area contributed by atoms with Crippen LogP contribution < -0.4 is 5.32 Å². The van der Waals surface area contributed by atoms with Crippen molar-refractivity contribution in [2.45, 2.75) is 42.2 Å². The first-order valence-electron chi connectivity index (χ1n) is 11.6. The zero-order chi connectivity index (χ0) is 25.0. The van der Waals surface area contributed by atoms with E-state index in [1.807, 2.05) is 43.3 Å². The van der Waals surface area contributed by atoms with E-state index in [2.05, 4.69) is 24.4 Å². The van der Waals surface area contributed by atoms with Gasteiger partial charge in [0.2, 0.25) is 10.0 Å². The van der Waals surface area contributed by atoms with Gasteiger partial charge in [0, 0.05) is 29.4 Å². The van der Waals surface area contributed by atoms with Gasteiger partial charge in [-0.1, -0.05) is 48.9 Å². The highest BCUT2D eigenvalue weighted by Crippen LogP contribution is 2.28. The smallest absolute Gasteiger partial charge is 0.257 e. The maximum Gasteiger partial charge on any atom is 0.257 e. The zero-order valence-electron chi connectivity index (χ0n) is 19.8. The molecule has 3 aromatic rings. The number of hydrogen-bond acceptors (Lipinski definition) is 4. The van der Waals surface area contributed by atoms with Crippen LogP contribution in [0.25, 0.3) is 0 Å². The number of aryl methyl sites for hydroxylation is 1. The van der Waals surface area contributed by atoms with Crippen molar-refractivity contribution in [3.63, 3.8) is 0 Å². The molecule has 0 radical (unpaired) electrons. The second kappa shape index (κ2) is 11.2. The number of carbonyl (C=O) groups is 1. The summed E-state index contributed by atoms with van der Waals surface area (Å²) in [4.78, 5) is 14.4. The average Bonchev–Trinajstić information content (AvgIpc) is 2.85. The lowest BCUT2D eigenvalue weighted by Gasteiger charge is -2.29. The molecule has 4 rings (SSSR count). The van der Waals surface area contributed by atoms with E-state index >= 15 is 0 Å². The Morgan fingerprint density at radius 2 is 1.77 bits per heavy atom. The molecule has 0 aliphatic carbocycles. The largest absolute Gasteiger partial charge is 0.322 e. The van der Waals surface area contributed by atoms with Crippen molar-refractivity contribution in [3.05, 3.63) is 88.4 Å². The van der Waals surface area contributed by atoms with Crippen molar-refractivity contribution in [1.82, 2.24) is 4.31 Å². The maximum absolute atomic E-state index is 13.1. The molecule has 0 unspecified atom stereocenters. The second-order valence-electron chi connectivity index (χ2n) is 8.93. The Kier molecular flexibility index (Phi) is 8.22. The van der Waals surface area contributed by atoms with Gasteiger partial charge in [-0.25, -0.2) is 8.42 Å². The molecule has 8 heteroatoms. The molecular formula is C27H29ClN2O3S2. The number of benzene rings is 3. The molecule has 0 saturated carbocycles. The van der Waals surface area contributed by atoms with Gasteiger partial charge in [0.1, 0.15) is 0 Å². The summed E-state index contributed by atoms with van der Waals surface area (Å²) in [6.45, 7) is 5.04. The van der Waals surface area contributed by atoms with Crippen molar-refractivity contribution in [2.75, 3.05) is 18.4 Å². The summed E-state index contributed by atoms with van der Waals surface area (Å²) in [5.74, 6) is 0.897. The predicted octanol–water partition coefficient (Wildman–Crippen LogP) is 6.61. The third-order valence-corrected chi connectivity index (χ3v) is 9.56. The number of hydrogen-bond donors (Lipinski definition) is 1. The van der Waals surface area contributed by atoms with Gasteiger partial charge in [0.15, 0.2) is 0 Å². The molecule has 1 saturated heterocycles. The summed E-state index contributed by atoms with van der Waals surface area (Å²) in [7, 11) is -3.68. The van der Waals surface area contributed by atoms with Crippen LogP contribution in [-0.4, -0.2) is 31.7 Å². The van der Waals surface area contributed by atoms with Crippen molar-refractivity contribution >= 4 is 45.0 Å². The molecule has 0 bridgehead atoms. The van der Waals surface area contributed by atoms with Gasteiger partial charge >= 0.3 is 0 Å². The van der Waals surface area contributed by atoms with E-state index in [4.69, 9.17) is 11.6 Å². The van der Waals surface area contributed by atoms with Crippen LogP contribution >= 0.6 is 23.4 Å². The number of nitrogens with one attached hydrogen (secondary N) is 1. The Labute approximate surface area is 216 Å². The predicted molar refractivity (Wildman–Crippen MR) is 144 cm³/mol. The zero-order valence-corrected chi connectivity index (χ0v) is 22.2. The first kappa shape index (κ1) is 25.8. The summed E-state index contributed by atoms with van der Waals surface area (Å²) in [5.41, 5.74) is 2.88. The molecule has 0 spiro atoms. The van der Waals surface area contributed by atoms with E-state index in [0.29, 0.717) is 24.7 Å². The van der Waals surface area contributed by atoms with Gasteiger partial charge < -0.3 is 5.32 Å². The first-order chi connectivity index (χ1) is 16.7. The summed E-state index contributed by atoms with van der Waals surface area (Å²) in [5, 5.41) is 3.10. The lowest BCUT2D eigenvalue weighted by molar-refractivity contribution is 0.102. The van der Waals surface area contributed by atoms with Crippen LogP contribution in [0.15, 0.2) is 76.5 Å². The van der Waals surface area contributed by atoms with Crippen molar-refractivity contribution in [3.8, 4) is 0 Å². The van der Waals surface area contributed by atoms with E-state index in [1.165, 1.54) is 27.4 Å². The van der Waals surface area contributed by atoms with Gasteiger partial charge in [0.05, 0.1) is 15.5 Å². The standard InChI is InChI=1S/C27H29ClN2O3S2/c1-19-12-14-30(15-13-19)35(32,33)23-9-10-25(28)24(17-23)27(31)29-26-11-8-21(16-20(26)2)18-34-22-6-4-3-5-7-22/h3-11,16-17,19H,12-15,18H2,1-2H3,(H,29,31). The Morgan fingerprint density at radius 1 is 1.06 bits per heavy atom. The van der Waals surface area contributed by atoms with Crippen LogP contribution in [0.2, 0.25) is 5.02 Å². The fourth-order valence-corrected chi connectivity index (χ4v) is 6.60. The molecule has 1 aliphatic rings. The lowest BCUT2D eigenvalue weighted by Crippen LogP contribution is -2.37. The number of sulfonamides is 1. The molecule has 35 heavy (non-hydrogen) atoms. The summed E-state index contributed by atoms with van der Waals surface area (Å²) in [6.07, 6.45) is 1.67. The van der Waals surface area contributed by atoms with Gasteiger partial charge in [-0.05, 0) is 73.2 Å². The molecule has 1 amide bonds. The lowest BCUT2D eigenvalue weighted by atomic mass is 10.0. The minimum Gasteiger partial charge on any atom is -0.322 e. The minimum absolute atomic E-state index is 0.0895. The number of rotatable bonds is 7. The number of anilines is 1. The van der Waals surface area contributed by atoms with Gasteiger partial charge in [0.25, 0.3) is 5.91 Å². The molecule has 3 aromatic carbocycles. The van der Waals surface area contributed by atoms with Crippen LogP contribution in [0.3, 0.4) is 0 Å². The van der Waals surface area contributed by atoms with E-state index in [-0.39, 0.29) is 15.5 Å². The number of nitrogens with zero attached hydrogens (tertiary/aromatic N) is 1. The maximum atomic E-state index is 13.1. The van der Waals surface area contributed by atoms with E-state index in [0.717, 1.165) is 29.7 Å². The highest BCUT2D eigenvalue weighted by Gasteiger charge is 2.29. The van der Waals surface area contributed by atoms with Gasteiger partial charge in [-0.15, -0.1) is 11.8 Å². The van der Waals surface area contributed by atoms with E-state index in [9.17, 15) is 13.2 Å². The quantitative estimate of drug-likeness (QED) is 0.350. The number of halogens is 1. The Bertz CT molecular complexity index is 1310. The molecule has 1 heterocycles. The Hall–Kier alpha value is -2.32. The van der Waals surface area contributed by atoms with Gasteiger partial charge in [-0.3, -0.25) is 4.79 Å². The molecule has 0 aromatic heterocycles. The minimum atomic E-state index is -3.68. The van der Waals surface area contributed by atoms with Crippen molar-refractivity contribution < 1.29 is 13.2 Å². The van der Waals surface area contributed by atoms with Crippen LogP contribution in [-0.2, 0) is 15.8 Å². The van der Waals surface area contributed by atoms with Crippen LogP contribution in [0.4, 0.5) is 5.69 Å². The number of piperidine rings is 1. The highest BCUT2D eigenvalue weighted by atomic mass is 35.5. The van der Waals surface area contributed by atoms with Crippen LogP contribution in [0, 0.1) is 12.8 Å². The first-order valence-corrected chi connectivity index (χ1v) is 14.4. The average molecular weight is 529 g/mol. The molecule has 5 nitrogen and oxygen atoms in total. The Morgan fingerprint density at radius 3 is 2.46 bits per heavy atom. The fourth-order valence-electron chi connectivity index (χ4n) is 4.04. The number of thioether (sulfide) groups is 1. The summed E-state index contributed by atoms with van der Waals surface area (Å²) >= 11 is 8.06. The molecule has 1 N–H and O–H groups in total. The van der Waals surface area contributed by atoms with Crippen molar-refractivity contribution in [2.24, 2.45) is 5.92 Å². The molecule has 0 atom stereocenters. The molecule has 1 aliphatic heterocycles. The SMILES string of the molecule is Cc1cc(CSc2ccccc2)ccc1NC(=O)c1cc(S(=O)(=O)N2CCC(C)CC2)ccc1Cl. The fraction of sp³-hybridized carbons (Fsp3) is 0.296. The molecule has 184 valence electrons. The molecule has 1 fully saturated rings. The molecular weight excluding hydrogens is 500 g/mol. The third kappa shape index (κ3) is 6.28. The summed E-state index contributed by atoms with van der Waals surface area (Å²) in [6, 6.07) is 20.4. The monoisotopic (exact) mass is 528 g/mol. The highest BCUT2D eigenvalue weighted by molar-refractivity contribution is 7.98. The number of amides is 1. The number of carbonyl (C=O) groups excluding carboxylic acids is 1.